The second-order valence-corrected chi connectivity index (χ2v) is 7.19. The molecule has 0 bridgehead atoms. The number of benzene rings is 2. The lowest BCUT2D eigenvalue weighted by Gasteiger charge is -2.23. The van der Waals surface area contributed by atoms with Gasteiger partial charge in [0, 0.05) is 16.4 Å². The lowest BCUT2D eigenvalue weighted by Crippen LogP contribution is -2.49. The number of carbonyl (C=O) groups is 3. The molecular formula is C22H26ClN3O4. The normalized spacial score (nSPS) is 12.4. The zero-order chi connectivity index (χ0) is 22.1. The Hall–Kier alpha value is -3.06. The molecule has 0 aliphatic heterocycles. The van der Waals surface area contributed by atoms with Gasteiger partial charge in [-0.3, -0.25) is 4.79 Å². The van der Waals surface area contributed by atoms with Crippen LogP contribution in [0.25, 0.3) is 0 Å². The van der Waals surface area contributed by atoms with E-state index in [9.17, 15) is 14.4 Å². The molecule has 3 amide bonds. The number of carbonyl (C=O) groups excluding carboxylic acids is 3. The molecule has 0 spiro atoms. The van der Waals surface area contributed by atoms with Gasteiger partial charge < -0.3 is 20.7 Å². The SMILES string of the molecule is CCOC(=O)c1ccc(NC(=O)C(NC(=O)Nc2ccc(Cl)cc2)C(C)CC)cc1. The molecule has 30 heavy (non-hydrogen) atoms. The number of halogens is 1. The van der Waals surface area contributed by atoms with Crippen LogP contribution in [-0.4, -0.2) is 30.6 Å². The van der Waals surface area contributed by atoms with E-state index < -0.39 is 18.0 Å². The minimum atomic E-state index is -0.743. The van der Waals surface area contributed by atoms with Gasteiger partial charge in [-0.25, -0.2) is 9.59 Å². The summed E-state index contributed by atoms with van der Waals surface area (Å²) in [5.74, 6) is -0.868. The van der Waals surface area contributed by atoms with Crippen LogP contribution in [0.4, 0.5) is 16.2 Å². The molecule has 0 aliphatic rings. The van der Waals surface area contributed by atoms with Gasteiger partial charge in [0.1, 0.15) is 6.04 Å². The first-order valence-electron chi connectivity index (χ1n) is 9.75. The predicted molar refractivity (Wildman–Crippen MR) is 118 cm³/mol. The van der Waals surface area contributed by atoms with E-state index >= 15 is 0 Å². The van der Waals surface area contributed by atoms with Gasteiger partial charge in [0.2, 0.25) is 5.91 Å². The van der Waals surface area contributed by atoms with Crippen molar-refractivity contribution in [1.82, 2.24) is 5.32 Å². The van der Waals surface area contributed by atoms with Crippen molar-refractivity contribution in [3.63, 3.8) is 0 Å². The number of hydrogen-bond donors (Lipinski definition) is 3. The summed E-state index contributed by atoms with van der Waals surface area (Å²) in [6, 6.07) is 11.8. The smallest absolute Gasteiger partial charge is 0.338 e. The summed E-state index contributed by atoms with van der Waals surface area (Å²) in [6.45, 7) is 5.85. The summed E-state index contributed by atoms with van der Waals surface area (Å²) < 4.78 is 4.94. The van der Waals surface area contributed by atoms with Crippen molar-refractivity contribution in [1.29, 1.82) is 0 Å². The Labute approximate surface area is 181 Å². The first-order valence-corrected chi connectivity index (χ1v) is 10.1. The summed E-state index contributed by atoms with van der Waals surface area (Å²) in [5.41, 5.74) is 1.48. The van der Waals surface area contributed by atoms with E-state index in [1.165, 1.54) is 0 Å². The fraction of sp³-hybridized carbons (Fsp3) is 0.318. The van der Waals surface area contributed by atoms with Crippen LogP contribution in [-0.2, 0) is 9.53 Å². The van der Waals surface area contributed by atoms with E-state index in [1.807, 2.05) is 13.8 Å². The maximum Gasteiger partial charge on any atom is 0.338 e. The largest absolute Gasteiger partial charge is 0.462 e. The minimum Gasteiger partial charge on any atom is -0.462 e. The molecule has 0 fully saturated rings. The van der Waals surface area contributed by atoms with E-state index in [2.05, 4.69) is 16.0 Å². The Morgan fingerprint density at radius 1 is 0.933 bits per heavy atom. The molecule has 2 atom stereocenters. The number of rotatable bonds is 8. The molecule has 0 aliphatic carbocycles. The summed E-state index contributed by atoms with van der Waals surface area (Å²) in [7, 11) is 0. The molecular weight excluding hydrogens is 406 g/mol. The van der Waals surface area contributed by atoms with Crippen molar-refractivity contribution in [3.05, 3.63) is 59.1 Å². The fourth-order valence-electron chi connectivity index (χ4n) is 2.67. The maximum atomic E-state index is 12.8. The van der Waals surface area contributed by atoms with Gasteiger partial charge in [0.15, 0.2) is 0 Å². The van der Waals surface area contributed by atoms with Crippen LogP contribution < -0.4 is 16.0 Å². The average molecular weight is 432 g/mol. The molecule has 2 rings (SSSR count). The highest BCUT2D eigenvalue weighted by atomic mass is 35.5. The highest BCUT2D eigenvalue weighted by molar-refractivity contribution is 6.30. The number of amides is 3. The Morgan fingerprint density at radius 2 is 1.50 bits per heavy atom. The molecule has 0 aromatic heterocycles. The fourth-order valence-corrected chi connectivity index (χ4v) is 2.79. The van der Waals surface area contributed by atoms with Crippen molar-refractivity contribution < 1.29 is 19.1 Å². The first kappa shape index (κ1) is 23.2. The molecule has 8 heteroatoms. The zero-order valence-corrected chi connectivity index (χ0v) is 18.0. The van der Waals surface area contributed by atoms with Crippen LogP contribution in [0, 0.1) is 5.92 Å². The first-order chi connectivity index (χ1) is 14.3. The van der Waals surface area contributed by atoms with Crippen LogP contribution in [0.15, 0.2) is 48.5 Å². The number of ether oxygens (including phenoxy) is 1. The molecule has 2 aromatic rings. The van der Waals surface area contributed by atoms with Crippen LogP contribution in [0.5, 0.6) is 0 Å². The van der Waals surface area contributed by atoms with Gasteiger partial charge in [-0.2, -0.15) is 0 Å². The second-order valence-electron chi connectivity index (χ2n) is 6.76. The van der Waals surface area contributed by atoms with Crippen molar-refractivity contribution in [2.45, 2.75) is 33.2 Å². The molecule has 0 heterocycles. The Morgan fingerprint density at radius 3 is 2.07 bits per heavy atom. The van der Waals surface area contributed by atoms with E-state index in [0.717, 1.165) is 0 Å². The van der Waals surface area contributed by atoms with Crippen molar-refractivity contribution >= 4 is 40.9 Å². The van der Waals surface area contributed by atoms with Crippen LogP contribution >= 0.6 is 11.6 Å². The number of hydrogen-bond acceptors (Lipinski definition) is 4. The molecule has 2 aromatic carbocycles. The van der Waals surface area contributed by atoms with Crippen LogP contribution in [0.3, 0.4) is 0 Å². The van der Waals surface area contributed by atoms with Crippen LogP contribution in [0.2, 0.25) is 5.02 Å². The Bertz CT molecular complexity index is 869. The highest BCUT2D eigenvalue weighted by Crippen LogP contribution is 2.16. The topological polar surface area (TPSA) is 96.5 Å². The van der Waals surface area contributed by atoms with E-state index in [-0.39, 0.29) is 18.4 Å². The molecule has 3 N–H and O–H groups in total. The van der Waals surface area contributed by atoms with Gasteiger partial charge >= 0.3 is 12.0 Å². The lowest BCUT2D eigenvalue weighted by atomic mass is 9.98. The van der Waals surface area contributed by atoms with Gasteiger partial charge in [-0.1, -0.05) is 31.9 Å². The number of urea groups is 1. The zero-order valence-electron chi connectivity index (χ0n) is 17.2. The van der Waals surface area contributed by atoms with Crippen LogP contribution in [0.1, 0.15) is 37.6 Å². The third kappa shape index (κ3) is 6.77. The maximum absolute atomic E-state index is 12.8. The Kier molecular flexibility index (Phi) is 8.68. The van der Waals surface area contributed by atoms with Gasteiger partial charge in [0.05, 0.1) is 12.2 Å². The summed E-state index contributed by atoms with van der Waals surface area (Å²) in [5, 5.41) is 8.76. The van der Waals surface area contributed by atoms with Crippen molar-refractivity contribution in [2.24, 2.45) is 5.92 Å². The third-order valence-electron chi connectivity index (χ3n) is 4.55. The van der Waals surface area contributed by atoms with Crippen molar-refractivity contribution in [3.8, 4) is 0 Å². The summed E-state index contributed by atoms with van der Waals surface area (Å²) in [4.78, 5) is 36.9. The second kappa shape index (κ2) is 11.2. The molecule has 160 valence electrons. The van der Waals surface area contributed by atoms with E-state index in [0.29, 0.717) is 28.4 Å². The quantitative estimate of drug-likeness (QED) is 0.528. The number of nitrogens with one attached hydrogen (secondary N) is 3. The van der Waals surface area contributed by atoms with Gasteiger partial charge in [0.25, 0.3) is 0 Å². The Balaban J connectivity index is 2.03. The van der Waals surface area contributed by atoms with Crippen molar-refractivity contribution in [2.75, 3.05) is 17.2 Å². The minimum absolute atomic E-state index is 0.0974. The predicted octanol–water partition coefficient (Wildman–Crippen LogP) is 4.69. The molecule has 2 unspecified atom stereocenters. The number of anilines is 2. The van der Waals surface area contributed by atoms with Gasteiger partial charge in [-0.15, -0.1) is 0 Å². The third-order valence-corrected chi connectivity index (χ3v) is 4.80. The molecule has 0 saturated heterocycles. The van der Waals surface area contributed by atoms with E-state index in [4.69, 9.17) is 16.3 Å². The monoisotopic (exact) mass is 431 g/mol. The average Bonchev–Trinajstić information content (AvgIpc) is 2.73. The standard InChI is InChI=1S/C22H26ClN3O4/c1-4-14(3)19(26-22(29)25-18-12-8-16(23)9-13-18)20(27)24-17-10-6-15(7-11-17)21(28)30-5-2/h6-14,19H,4-5H2,1-3H3,(H,24,27)(H2,25,26,29). The summed E-state index contributed by atoms with van der Waals surface area (Å²) >= 11 is 5.85. The molecule has 7 nitrogen and oxygen atoms in total. The summed E-state index contributed by atoms with van der Waals surface area (Å²) in [6.07, 6.45) is 0.696. The van der Waals surface area contributed by atoms with E-state index in [1.54, 1.807) is 55.5 Å². The number of esters is 1. The molecule has 0 saturated carbocycles. The highest BCUT2D eigenvalue weighted by Gasteiger charge is 2.26. The van der Waals surface area contributed by atoms with Gasteiger partial charge in [-0.05, 0) is 61.4 Å². The molecule has 0 radical (unpaired) electrons. The lowest BCUT2D eigenvalue weighted by molar-refractivity contribution is -0.119.